The van der Waals surface area contributed by atoms with Gasteiger partial charge < -0.3 is 27.2 Å². The van der Waals surface area contributed by atoms with Crippen molar-refractivity contribution in [2.24, 2.45) is 0 Å². The Morgan fingerprint density at radius 3 is 1.42 bits per heavy atom. The lowest BCUT2D eigenvalue weighted by Gasteiger charge is -2.18. The van der Waals surface area contributed by atoms with Gasteiger partial charge in [0.25, 0.3) is 42.2 Å². The second kappa shape index (κ2) is 20.0. The third-order valence-corrected chi connectivity index (χ3v) is 15.7. The molecule has 5 aromatic carbocycles. The van der Waals surface area contributed by atoms with Crippen LogP contribution in [0.2, 0.25) is 0 Å². The molecule has 0 radical (unpaired) electrons. The number of alkyl halides is 2. The van der Waals surface area contributed by atoms with Gasteiger partial charge in [-0.05, 0) is 72.1 Å². The highest BCUT2D eigenvalue weighted by Crippen LogP contribution is 2.43. The number of rotatable bonds is 15. The second-order valence-electron chi connectivity index (χ2n) is 13.6. The molecule has 346 valence electrons. The van der Waals surface area contributed by atoms with E-state index in [1.165, 1.54) is 67.6 Å². The zero-order valence-electron chi connectivity index (χ0n) is 32.9. The zero-order chi connectivity index (χ0) is 48.2. The number of phenols is 1. The number of carbonyl (C=O) groups is 2. The summed E-state index contributed by atoms with van der Waals surface area (Å²) in [6, 6.07) is 16.3. The minimum Gasteiger partial charge on any atom is -0.507 e. The molecule has 20 nitrogen and oxygen atoms in total. The zero-order valence-corrected chi connectivity index (χ0v) is 38.5. The fourth-order valence-corrected chi connectivity index (χ4v) is 11.6. The molecule has 0 spiro atoms. The molecule has 5 aromatic rings. The van der Waals surface area contributed by atoms with Crippen LogP contribution in [-0.4, -0.2) is 95.9 Å². The Kier molecular flexibility index (Phi) is 16.1. The van der Waals surface area contributed by atoms with Gasteiger partial charge >= 0.3 is 0 Å². The van der Waals surface area contributed by atoms with Crippen LogP contribution in [-0.2, 0) is 61.5 Å². The molecule has 0 atom stereocenters. The van der Waals surface area contributed by atoms with E-state index in [1.807, 2.05) is 0 Å². The molecule has 64 heavy (non-hydrogen) atoms. The number of nitrogens with two attached hydrogens (primary N) is 2. The van der Waals surface area contributed by atoms with Gasteiger partial charge in [-0.2, -0.15) is 25.3 Å². The summed E-state index contributed by atoms with van der Waals surface area (Å²) in [5, 5.41) is 14.6. The number of nitrogen functional groups attached to an aromatic ring is 2. The number of carbonyl (C=O) groups excluding carboxylic acids is 2. The van der Waals surface area contributed by atoms with Crippen molar-refractivity contribution in [1.29, 1.82) is 0 Å². The Balaban J connectivity index is 0.000000295. The topological polar surface area (TPSA) is 362 Å². The van der Waals surface area contributed by atoms with E-state index < -0.39 is 88.0 Å². The first-order valence-electron chi connectivity index (χ1n) is 17.7. The molecule has 2 amide bonds. The molecule has 0 aliphatic heterocycles. The quantitative estimate of drug-likeness (QED) is 0.0412. The van der Waals surface area contributed by atoms with Gasteiger partial charge in [0.1, 0.15) is 20.4 Å². The molecule has 0 bridgehead atoms. The molecule has 0 heterocycles. The number of aryl methyl sites for hydroxylation is 1. The number of hydrogen-bond acceptors (Lipinski definition) is 15. The first-order valence-corrected chi connectivity index (χ1v) is 26.7. The van der Waals surface area contributed by atoms with Crippen molar-refractivity contribution in [3.05, 3.63) is 107 Å². The fourth-order valence-electron chi connectivity index (χ4n) is 5.97. The third kappa shape index (κ3) is 13.2. The number of sulfone groups is 2. The van der Waals surface area contributed by atoms with Crippen LogP contribution in [0.1, 0.15) is 37.4 Å². The molecule has 0 saturated carbocycles. The van der Waals surface area contributed by atoms with Gasteiger partial charge in [0, 0.05) is 51.1 Å². The monoisotopic (exact) mass is 1020 g/mol. The minimum atomic E-state index is -5.05. The number of aromatic hydroxyl groups is 1. The molecule has 0 aliphatic carbocycles. The van der Waals surface area contributed by atoms with Crippen molar-refractivity contribution in [3.8, 4) is 5.75 Å². The van der Waals surface area contributed by atoms with Gasteiger partial charge in [-0.3, -0.25) is 23.2 Å². The Hall–Kier alpha value is -5.09. The van der Waals surface area contributed by atoms with E-state index in [1.54, 1.807) is 0 Å². The Labute approximate surface area is 377 Å². The van der Waals surface area contributed by atoms with Crippen LogP contribution >= 0.6 is 23.2 Å². The van der Waals surface area contributed by atoms with Gasteiger partial charge in [0.2, 0.25) is 0 Å². The molecule has 10 N–H and O–H groups in total. The summed E-state index contributed by atoms with van der Waals surface area (Å²) in [7, 11) is -21.3. The molecule has 0 aliphatic rings. The molecule has 0 fully saturated rings. The Morgan fingerprint density at radius 1 is 0.562 bits per heavy atom. The van der Waals surface area contributed by atoms with Crippen LogP contribution in [0, 0.1) is 6.92 Å². The van der Waals surface area contributed by atoms with E-state index in [2.05, 4.69) is 10.6 Å². The van der Waals surface area contributed by atoms with Crippen LogP contribution in [0.25, 0.3) is 10.8 Å². The lowest BCUT2D eigenvalue weighted by atomic mass is 10.0. The molecule has 5 rings (SSSR count). The molecular weight excluding hydrogens is 988 g/mol. The summed E-state index contributed by atoms with van der Waals surface area (Å²) in [4.78, 5) is 23.1. The van der Waals surface area contributed by atoms with Gasteiger partial charge in [-0.25, -0.2) is 16.8 Å². The molecule has 0 unspecified atom stereocenters. The number of fused-ring (bicyclic) bond motifs is 1. The summed E-state index contributed by atoms with van der Waals surface area (Å²) in [5.74, 6) is -3.17. The summed E-state index contributed by atoms with van der Waals surface area (Å²) in [6.07, 6.45) is 0. The Morgan fingerprint density at radius 2 is 1.00 bits per heavy atom. The average Bonchev–Trinajstić information content (AvgIpc) is 3.16. The predicted molar refractivity (Wildman–Crippen MR) is 240 cm³/mol. The molecule has 27 heteroatoms. The van der Waals surface area contributed by atoms with Gasteiger partial charge in [-0.1, -0.05) is 24.3 Å². The van der Waals surface area contributed by atoms with Gasteiger partial charge in [0.05, 0.1) is 34.4 Å². The van der Waals surface area contributed by atoms with Crippen molar-refractivity contribution in [1.82, 2.24) is 0 Å². The smallest absolute Gasteiger partial charge is 0.296 e. The van der Waals surface area contributed by atoms with E-state index in [-0.39, 0.29) is 79.3 Å². The van der Waals surface area contributed by atoms with Crippen molar-refractivity contribution >= 4 is 119 Å². The first kappa shape index (κ1) is 51.5. The second-order valence-corrected chi connectivity index (χ2v) is 22.9. The number of nitrogens with one attached hydrogen (secondary N) is 2. The number of halogens is 2. The van der Waals surface area contributed by atoms with E-state index in [0.29, 0.717) is 17.2 Å². The summed E-state index contributed by atoms with van der Waals surface area (Å²) in [6.45, 7) is 1.17. The maximum Gasteiger partial charge on any atom is 0.296 e. The standard InChI is InChI=1S/C21H21ClN2O10S3.C16H17ClN2O6S2/c1-11-16(36(29,30)31)9-15(25)19-14(23)8-17(37(32,33)34)20(18(11)19)24-21(26)13-4-2-12(3-5-13)10-35(27,28)7-6-22;17-7-8-26(21,22)10-11-1-3-12(4-2-11)16(20)19-13-5-6-14(18)15(9-13)27(23,24)25/h2-5,8-9,25H,6-7,10,23H2,1H3,(H,24,26)(H,29,30,31)(H,32,33,34);1-6,9H,7-8,10,18H2,(H,19,20)(H,23,24,25). The normalized spacial score (nSPS) is 12.3. The SMILES string of the molecule is Cc1c(S(=O)(=O)O)cc(O)c2c(N)cc(S(=O)(=O)O)c(NC(=O)c3ccc(CS(=O)(=O)CCCl)cc3)c12.Nc1ccc(NC(=O)c2ccc(CS(=O)(=O)CCCl)cc2)cc1S(=O)(=O)O. The maximum atomic E-state index is 13.0. The number of anilines is 4. The number of benzene rings is 5. The average molecular weight is 1030 g/mol. The highest BCUT2D eigenvalue weighted by molar-refractivity contribution is 7.91. The molecule has 0 saturated heterocycles. The van der Waals surface area contributed by atoms with E-state index >= 15 is 0 Å². The van der Waals surface area contributed by atoms with E-state index in [4.69, 9.17) is 39.2 Å². The van der Waals surface area contributed by atoms with Gasteiger partial charge in [0.15, 0.2) is 19.7 Å². The van der Waals surface area contributed by atoms with Crippen LogP contribution in [0.3, 0.4) is 0 Å². The predicted octanol–water partition coefficient (Wildman–Crippen LogP) is 4.26. The van der Waals surface area contributed by atoms with Crippen molar-refractivity contribution in [2.45, 2.75) is 33.1 Å². The number of hydrogen-bond donors (Lipinski definition) is 8. The van der Waals surface area contributed by atoms with Gasteiger partial charge in [-0.15, -0.1) is 23.2 Å². The summed E-state index contributed by atoms with van der Waals surface area (Å²) >= 11 is 10.9. The summed E-state index contributed by atoms with van der Waals surface area (Å²) in [5.41, 5.74) is 11.1. The molecular formula is C37H38Cl2N4O16S5. The van der Waals surface area contributed by atoms with Crippen molar-refractivity contribution in [3.63, 3.8) is 0 Å². The fraction of sp³-hybridized carbons (Fsp3) is 0.189. The van der Waals surface area contributed by atoms with E-state index in [0.717, 1.165) is 12.1 Å². The van der Waals surface area contributed by atoms with Crippen LogP contribution in [0.4, 0.5) is 22.7 Å². The summed E-state index contributed by atoms with van der Waals surface area (Å²) < 4.78 is 146. The Bertz CT molecular complexity index is 3200. The van der Waals surface area contributed by atoms with Crippen molar-refractivity contribution < 1.29 is 70.4 Å². The van der Waals surface area contributed by atoms with Crippen LogP contribution in [0.5, 0.6) is 5.75 Å². The maximum absolute atomic E-state index is 13.0. The van der Waals surface area contributed by atoms with Crippen LogP contribution in [0.15, 0.2) is 93.5 Å². The largest absolute Gasteiger partial charge is 0.507 e. The molecule has 0 aromatic heterocycles. The number of phenolic OH excluding ortho intramolecular Hbond substituents is 1. The van der Waals surface area contributed by atoms with Crippen molar-refractivity contribution in [2.75, 3.05) is 45.4 Å². The van der Waals surface area contributed by atoms with Crippen LogP contribution < -0.4 is 22.1 Å². The highest BCUT2D eigenvalue weighted by atomic mass is 35.5. The minimum absolute atomic E-state index is 0.00988. The lowest BCUT2D eigenvalue weighted by Crippen LogP contribution is -2.17. The lowest BCUT2D eigenvalue weighted by molar-refractivity contribution is 0.101. The van der Waals surface area contributed by atoms with E-state index in [9.17, 15) is 65.9 Å². The first-order chi connectivity index (χ1) is 29.5. The number of amides is 2. The third-order valence-electron chi connectivity index (χ3n) is 8.92. The highest BCUT2D eigenvalue weighted by Gasteiger charge is 2.28.